The van der Waals surface area contributed by atoms with Crippen LogP contribution >= 0.6 is 0 Å². The Bertz CT molecular complexity index is 480. The number of rotatable bonds is 3. The van der Waals surface area contributed by atoms with Crippen molar-refractivity contribution in [2.24, 2.45) is 11.8 Å². The largest absolute Gasteiger partial charge is 0.294 e. The maximum absolute atomic E-state index is 11.9. The minimum Gasteiger partial charge on any atom is -0.294 e. The highest BCUT2D eigenvalue weighted by Gasteiger charge is 2.23. The third-order valence-electron chi connectivity index (χ3n) is 3.66. The molecular weight excluding hydrogens is 266 g/mol. The van der Waals surface area contributed by atoms with Gasteiger partial charge in [0, 0.05) is 18.7 Å². The normalized spacial score (nSPS) is 22.6. The van der Waals surface area contributed by atoms with Crippen LogP contribution in [0, 0.1) is 11.8 Å². The topological polar surface area (TPSA) is 61.4 Å². The molecule has 2 atom stereocenters. The molecule has 1 heterocycles. The van der Waals surface area contributed by atoms with Crippen LogP contribution in [-0.4, -0.2) is 36.3 Å². The second-order valence-electron chi connectivity index (χ2n) is 6.01. The van der Waals surface area contributed by atoms with Crippen molar-refractivity contribution in [1.29, 1.82) is 0 Å². The molecule has 0 bridgehead atoms. The molecule has 114 valence electrons. The Morgan fingerprint density at radius 1 is 1.10 bits per heavy atom. The van der Waals surface area contributed by atoms with Crippen LogP contribution < -0.4 is 10.9 Å². The van der Waals surface area contributed by atoms with E-state index in [0.717, 1.165) is 13.1 Å². The predicted octanol–water partition coefficient (Wildman–Crippen LogP) is 1.43. The number of nitrogens with zero attached hydrogens (tertiary/aromatic N) is 1. The van der Waals surface area contributed by atoms with Crippen molar-refractivity contribution in [1.82, 2.24) is 15.8 Å². The molecule has 1 aliphatic rings. The molecule has 0 aromatic heterocycles. The lowest BCUT2D eigenvalue weighted by Gasteiger charge is -2.34. The highest BCUT2D eigenvalue weighted by molar-refractivity contribution is 5.95. The summed E-state index contributed by atoms with van der Waals surface area (Å²) in [7, 11) is 0. The summed E-state index contributed by atoms with van der Waals surface area (Å²) in [6, 6.07) is 8.82. The van der Waals surface area contributed by atoms with E-state index in [1.54, 1.807) is 24.3 Å². The Labute approximate surface area is 125 Å². The highest BCUT2D eigenvalue weighted by atomic mass is 16.2. The summed E-state index contributed by atoms with van der Waals surface area (Å²) in [6.07, 6.45) is 1.21. The first kappa shape index (κ1) is 15.5. The fraction of sp³-hybridized carbons (Fsp3) is 0.500. The Morgan fingerprint density at radius 3 is 2.33 bits per heavy atom. The summed E-state index contributed by atoms with van der Waals surface area (Å²) >= 11 is 0. The van der Waals surface area contributed by atoms with Crippen molar-refractivity contribution >= 4 is 11.8 Å². The molecule has 1 saturated heterocycles. The van der Waals surface area contributed by atoms with Crippen LogP contribution in [0.5, 0.6) is 0 Å². The molecule has 2 N–H and O–H groups in total. The molecule has 0 spiro atoms. The van der Waals surface area contributed by atoms with E-state index < -0.39 is 0 Å². The van der Waals surface area contributed by atoms with Gasteiger partial charge in [0.15, 0.2) is 0 Å². The van der Waals surface area contributed by atoms with Crippen LogP contribution in [-0.2, 0) is 4.79 Å². The zero-order valence-corrected chi connectivity index (χ0v) is 12.6. The predicted molar refractivity (Wildman–Crippen MR) is 81.4 cm³/mol. The third kappa shape index (κ3) is 4.86. The van der Waals surface area contributed by atoms with E-state index in [1.807, 2.05) is 6.07 Å². The second kappa shape index (κ2) is 7.22. The van der Waals surface area contributed by atoms with Crippen LogP contribution in [0.2, 0.25) is 0 Å². The molecule has 0 unspecified atom stereocenters. The van der Waals surface area contributed by atoms with Crippen molar-refractivity contribution in [3.8, 4) is 0 Å². The number of hydrogen-bond donors (Lipinski definition) is 2. The van der Waals surface area contributed by atoms with E-state index in [4.69, 9.17) is 0 Å². The number of hydrogen-bond acceptors (Lipinski definition) is 3. The molecule has 1 fully saturated rings. The molecule has 0 saturated carbocycles. The molecular formula is C16H23N3O2. The molecule has 1 aromatic rings. The molecule has 2 amide bonds. The van der Waals surface area contributed by atoms with E-state index in [-0.39, 0.29) is 11.8 Å². The summed E-state index contributed by atoms with van der Waals surface area (Å²) in [5, 5.41) is 0. The van der Waals surface area contributed by atoms with Gasteiger partial charge in [-0.15, -0.1) is 0 Å². The SMILES string of the molecule is C[C@@H]1C[C@H](C)CN(CC(=O)NNC(=O)c2ccccc2)C1. The van der Waals surface area contributed by atoms with Crippen molar-refractivity contribution in [3.05, 3.63) is 35.9 Å². The molecule has 2 rings (SSSR count). The zero-order chi connectivity index (χ0) is 15.2. The maximum atomic E-state index is 11.9. The first-order chi connectivity index (χ1) is 10.0. The summed E-state index contributed by atoms with van der Waals surface area (Å²) in [6.45, 7) is 6.61. The van der Waals surface area contributed by atoms with Crippen molar-refractivity contribution < 1.29 is 9.59 Å². The molecule has 5 nitrogen and oxygen atoms in total. The van der Waals surface area contributed by atoms with Gasteiger partial charge in [-0.05, 0) is 30.4 Å². The Hall–Kier alpha value is -1.88. The second-order valence-corrected chi connectivity index (χ2v) is 6.01. The van der Waals surface area contributed by atoms with Gasteiger partial charge in [0.25, 0.3) is 11.8 Å². The lowest BCUT2D eigenvalue weighted by molar-refractivity contribution is -0.123. The average molecular weight is 289 g/mol. The summed E-state index contributed by atoms with van der Waals surface area (Å²) in [4.78, 5) is 25.8. The van der Waals surface area contributed by atoms with Crippen LogP contribution in [0.4, 0.5) is 0 Å². The van der Waals surface area contributed by atoms with E-state index in [0.29, 0.717) is 23.9 Å². The number of nitrogens with one attached hydrogen (secondary N) is 2. The van der Waals surface area contributed by atoms with Crippen molar-refractivity contribution in [2.45, 2.75) is 20.3 Å². The average Bonchev–Trinajstić information content (AvgIpc) is 2.44. The standard InChI is InChI=1S/C16H23N3O2/c1-12-8-13(2)10-19(9-12)11-15(20)17-18-16(21)14-6-4-3-5-7-14/h3-7,12-13H,8-11H2,1-2H3,(H,17,20)(H,18,21)/t12-,13+. The monoisotopic (exact) mass is 289 g/mol. The minimum atomic E-state index is -0.302. The number of likely N-dealkylation sites (tertiary alicyclic amines) is 1. The summed E-state index contributed by atoms with van der Waals surface area (Å²) in [5.41, 5.74) is 5.45. The first-order valence-corrected chi connectivity index (χ1v) is 7.41. The van der Waals surface area contributed by atoms with Crippen molar-refractivity contribution in [2.75, 3.05) is 19.6 Å². The molecule has 0 aliphatic carbocycles. The van der Waals surface area contributed by atoms with E-state index >= 15 is 0 Å². The van der Waals surface area contributed by atoms with Gasteiger partial charge in [-0.1, -0.05) is 32.0 Å². The number of hydrazine groups is 1. The van der Waals surface area contributed by atoms with Gasteiger partial charge in [-0.3, -0.25) is 25.3 Å². The summed E-state index contributed by atoms with van der Waals surface area (Å²) < 4.78 is 0. The minimum absolute atomic E-state index is 0.180. The lowest BCUT2D eigenvalue weighted by atomic mass is 9.92. The lowest BCUT2D eigenvalue weighted by Crippen LogP contribution is -2.49. The first-order valence-electron chi connectivity index (χ1n) is 7.41. The third-order valence-corrected chi connectivity index (χ3v) is 3.66. The molecule has 21 heavy (non-hydrogen) atoms. The number of amides is 2. The van der Waals surface area contributed by atoms with E-state index in [9.17, 15) is 9.59 Å². The Morgan fingerprint density at radius 2 is 1.71 bits per heavy atom. The van der Waals surface area contributed by atoms with Gasteiger partial charge >= 0.3 is 0 Å². The fourth-order valence-corrected chi connectivity index (χ4v) is 2.95. The molecule has 1 aromatic carbocycles. The number of carbonyl (C=O) groups excluding carboxylic acids is 2. The molecule has 1 aliphatic heterocycles. The van der Waals surface area contributed by atoms with Crippen LogP contribution in [0.15, 0.2) is 30.3 Å². The van der Waals surface area contributed by atoms with Gasteiger partial charge in [-0.2, -0.15) is 0 Å². The van der Waals surface area contributed by atoms with E-state index in [2.05, 4.69) is 29.6 Å². The van der Waals surface area contributed by atoms with Gasteiger partial charge in [0.2, 0.25) is 0 Å². The van der Waals surface area contributed by atoms with Crippen LogP contribution in [0.1, 0.15) is 30.6 Å². The maximum Gasteiger partial charge on any atom is 0.269 e. The highest BCUT2D eigenvalue weighted by Crippen LogP contribution is 2.20. The Kier molecular flexibility index (Phi) is 5.33. The zero-order valence-electron chi connectivity index (χ0n) is 12.6. The van der Waals surface area contributed by atoms with Crippen LogP contribution in [0.3, 0.4) is 0 Å². The van der Waals surface area contributed by atoms with E-state index in [1.165, 1.54) is 6.42 Å². The number of benzene rings is 1. The Balaban J connectivity index is 1.76. The van der Waals surface area contributed by atoms with Gasteiger partial charge < -0.3 is 0 Å². The smallest absolute Gasteiger partial charge is 0.269 e. The quantitative estimate of drug-likeness (QED) is 0.827. The molecule has 5 heteroatoms. The van der Waals surface area contributed by atoms with Gasteiger partial charge in [0.1, 0.15) is 0 Å². The summed E-state index contributed by atoms with van der Waals surface area (Å²) in [5.74, 6) is 0.742. The van der Waals surface area contributed by atoms with Gasteiger partial charge in [-0.25, -0.2) is 0 Å². The molecule has 0 radical (unpaired) electrons. The fourth-order valence-electron chi connectivity index (χ4n) is 2.95. The van der Waals surface area contributed by atoms with Crippen LogP contribution in [0.25, 0.3) is 0 Å². The van der Waals surface area contributed by atoms with Gasteiger partial charge in [0.05, 0.1) is 6.54 Å². The number of carbonyl (C=O) groups is 2. The van der Waals surface area contributed by atoms with Crippen molar-refractivity contribution in [3.63, 3.8) is 0 Å². The number of piperidine rings is 1.